The largest absolute Gasteiger partial charge is 0.462 e. The molecule has 0 aliphatic rings. The quantitative estimate of drug-likeness (QED) is 0.0261. The van der Waals surface area contributed by atoms with Crippen LogP contribution in [0.3, 0.4) is 0 Å². The fourth-order valence-electron chi connectivity index (χ4n) is 9.52. The lowest BCUT2D eigenvalue weighted by atomic mass is 10.0. The summed E-state index contributed by atoms with van der Waals surface area (Å²) in [4.78, 5) is 38.4. The highest BCUT2D eigenvalue weighted by atomic mass is 16.6. The van der Waals surface area contributed by atoms with Gasteiger partial charge in [0.1, 0.15) is 13.2 Å². The molecule has 0 aliphatic carbocycles. The molecular weight excluding hydrogens is 1010 g/mol. The summed E-state index contributed by atoms with van der Waals surface area (Å²) in [5.41, 5.74) is 0. The van der Waals surface area contributed by atoms with Crippen LogP contribution in [0.5, 0.6) is 0 Å². The Hall–Kier alpha value is -4.19. The van der Waals surface area contributed by atoms with Crippen LogP contribution in [0.4, 0.5) is 0 Å². The van der Waals surface area contributed by atoms with E-state index < -0.39 is 6.10 Å². The molecule has 0 amide bonds. The number of allylic oxidation sites excluding steroid dienone is 20. The molecule has 0 N–H and O–H groups in total. The number of rotatable bonds is 62. The van der Waals surface area contributed by atoms with E-state index in [2.05, 4.69) is 142 Å². The van der Waals surface area contributed by atoms with Gasteiger partial charge in [0.25, 0.3) is 0 Å². The Labute approximate surface area is 507 Å². The van der Waals surface area contributed by atoms with Gasteiger partial charge in [-0.15, -0.1) is 0 Å². The van der Waals surface area contributed by atoms with Crippen LogP contribution in [0, 0.1) is 0 Å². The van der Waals surface area contributed by atoms with Crippen molar-refractivity contribution in [3.63, 3.8) is 0 Å². The van der Waals surface area contributed by atoms with E-state index in [1.165, 1.54) is 167 Å². The van der Waals surface area contributed by atoms with Crippen molar-refractivity contribution in [3.05, 3.63) is 122 Å². The molecule has 6 nitrogen and oxygen atoms in total. The van der Waals surface area contributed by atoms with Gasteiger partial charge in [0.15, 0.2) is 6.10 Å². The van der Waals surface area contributed by atoms with Crippen molar-refractivity contribution in [3.8, 4) is 0 Å². The van der Waals surface area contributed by atoms with Gasteiger partial charge in [0.05, 0.1) is 0 Å². The maximum Gasteiger partial charge on any atom is 0.306 e. The molecule has 0 bridgehead atoms. The average Bonchev–Trinajstić information content (AvgIpc) is 3.47. The first-order chi connectivity index (χ1) is 40.5. The number of hydrogen-bond donors (Lipinski definition) is 0. The number of ether oxygens (including phenoxy) is 3. The Kier molecular flexibility index (Phi) is 65.8. The van der Waals surface area contributed by atoms with Crippen molar-refractivity contribution in [2.45, 2.75) is 329 Å². The molecule has 0 saturated heterocycles. The van der Waals surface area contributed by atoms with Gasteiger partial charge in [0.2, 0.25) is 0 Å². The first-order valence-electron chi connectivity index (χ1n) is 34.5. The lowest BCUT2D eigenvalue weighted by Gasteiger charge is -2.18. The fraction of sp³-hybridized carbons (Fsp3) is 0.697. The summed E-state index contributed by atoms with van der Waals surface area (Å²) < 4.78 is 16.9. The van der Waals surface area contributed by atoms with Crippen LogP contribution in [0.1, 0.15) is 323 Å². The van der Waals surface area contributed by atoms with Crippen LogP contribution in [-0.4, -0.2) is 37.2 Å². The number of esters is 3. The molecule has 0 radical (unpaired) electrons. The lowest BCUT2D eigenvalue weighted by molar-refractivity contribution is -0.167. The van der Waals surface area contributed by atoms with Gasteiger partial charge < -0.3 is 14.2 Å². The summed E-state index contributed by atoms with van der Waals surface area (Å²) in [6, 6.07) is 0. The molecule has 0 rings (SSSR count). The summed E-state index contributed by atoms with van der Waals surface area (Å²) in [7, 11) is 0. The monoisotopic (exact) mass is 1140 g/mol. The third-order valence-corrected chi connectivity index (χ3v) is 14.7. The molecule has 0 fully saturated rings. The van der Waals surface area contributed by atoms with Crippen LogP contribution < -0.4 is 0 Å². The predicted molar refractivity (Wildman–Crippen MR) is 357 cm³/mol. The second-order valence-electron chi connectivity index (χ2n) is 22.7. The molecule has 0 aliphatic heterocycles. The highest BCUT2D eigenvalue weighted by Crippen LogP contribution is 2.16. The number of carbonyl (C=O) groups excluding carboxylic acids is 3. The van der Waals surface area contributed by atoms with E-state index in [1.807, 2.05) is 0 Å². The van der Waals surface area contributed by atoms with Crippen LogP contribution in [0.2, 0.25) is 0 Å². The van der Waals surface area contributed by atoms with Gasteiger partial charge >= 0.3 is 17.9 Å². The first-order valence-corrected chi connectivity index (χ1v) is 34.5. The van der Waals surface area contributed by atoms with E-state index in [4.69, 9.17) is 14.2 Å². The van der Waals surface area contributed by atoms with Gasteiger partial charge in [0, 0.05) is 19.3 Å². The standard InChI is InChI=1S/C76H128O6/c1-4-7-10-13-16-19-22-25-28-30-32-34-36-37-38-39-41-42-44-46-48-51-54-57-60-63-66-69-75(78)81-72-73(71-80-74(77)68-65-62-59-56-53-50-27-24-21-18-15-12-9-6-3)82-76(79)70-67-64-61-58-55-52-49-47-45-43-40-35-33-31-29-26-23-20-17-14-11-8-5-2/h8,11,17,20,22,24-27,29-30,32-33,35,43,45,49,52,58,61,73H,4-7,9-10,12-16,18-19,21,23,28,31,34,36-42,44,46-48,50-51,53-57,59-60,62-72H2,1-3H3/b11-8-,20-17-,25-22-,27-24-,29-26-,32-30-,35-33-,45-43-,52-49-,61-58-. The van der Waals surface area contributed by atoms with Gasteiger partial charge in [-0.05, 0) is 128 Å². The summed E-state index contributed by atoms with van der Waals surface area (Å²) in [5, 5.41) is 0. The third-order valence-electron chi connectivity index (χ3n) is 14.7. The molecule has 0 aromatic carbocycles. The lowest BCUT2D eigenvalue weighted by Crippen LogP contribution is -2.30. The van der Waals surface area contributed by atoms with E-state index in [-0.39, 0.29) is 37.5 Å². The highest BCUT2D eigenvalue weighted by Gasteiger charge is 2.19. The van der Waals surface area contributed by atoms with Crippen LogP contribution in [-0.2, 0) is 28.6 Å². The Bertz CT molecular complexity index is 1690. The molecule has 0 heterocycles. The molecule has 0 aromatic rings. The first kappa shape index (κ1) is 77.8. The van der Waals surface area contributed by atoms with E-state index >= 15 is 0 Å². The average molecular weight is 1140 g/mol. The molecule has 1 unspecified atom stereocenters. The SMILES string of the molecule is CC/C=C\C/C=C\C/C=C\C/C=C\C/C=C\C/C=C\C/C=C\CCCC(=O)OC(COC(=O)CCCCCCC/C=C\CCCCCCC)COC(=O)CCCCCCCCCCCCCCCCC/C=C\C/C=C\CCCCCCC. The zero-order valence-corrected chi connectivity index (χ0v) is 53.7. The number of carbonyl (C=O) groups is 3. The zero-order chi connectivity index (χ0) is 59.2. The smallest absolute Gasteiger partial charge is 0.306 e. The minimum absolute atomic E-state index is 0.105. The van der Waals surface area contributed by atoms with Crippen molar-refractivity contribution in [2.75, 3.05) is 13.2 Å². The molecule has 0 saturated carbocycles. The van der Waals surface area contributed by atoms with E-state index in [0.29, 0.717) is 19.3 Å². The van der Waals surface area contributed by atoms with E-state index in [0.717, 1.165) is 109 Å². The zero-order valence-electron chi connectivity index (χ0n) is 53.7. The predicted octanol–water partition coefficient (Wildman–Crippen LogP) is 23.9. The van der Waals surface area contributed by atoms with Crippen LogP contribution in [0.15, 0.2) is 122 Å². The molecule has 6 heteroatoms. The van der Waals surface area contributed by atoms with Crippen LogP contribution in [0.25, 0.3) is 0 Å². The second-order valence-corrected chi connectivity index (χ2v) is 22.7. The maximum atomic E-state index is 12.9. The fourth-order valence-corrected chi connectivity index (χ4v) is 9.52. The molecule has 1 atom stereocenters. The number of hydrogen-bond acceptors (Lipinski definition) is 6. The molecule has 468 valence electrons. The minimum atomic E-state index is -0.816. The molecule has 0 spiro atoms. The van der Waals surface area contributed by atoms with Gasteiger partial charge in [-0.2, -0.15) is 0 Å². The summed E-state index contributed by atoms with van der Waals surface area (Å²) in [6.45, 7) is 6.48. The minimum Gasteiger partial charge on any atom is -0.462 e. The Balaban J connectivity index is 4.40. The molecule has 82 heavy (non-hydrogen) atoms. The van der Waals surface area contributed by atoms with Gasteiger partial charge in [-0.3, -0.25) is 14.4 Å². The normalized spacial score (nSPS) is 12.9. The van der Waals surface area contributed by atoms with Gasteiger partial charge in [-0.1, -0.05) is 296 Å². The summed E-state index contributed by atoms with van der Waals surface area (Å²) in [5.74, 6) is -0.965. The summed E-state index contributed by atoms with van der Waals surface area (Å²) >= 11 is 0. The van der Waals surface area contributed by atoms with Crippen molar-refractivity contribution in [2.24, 2.45) is 0 Å². The van der Waals surface area contributed by atoms with Crippen molar-refractivity contribution >= 4 is 17.9 Å². The number of unbranched alkanes of at least 4 members (excludes halogenated alkanes) is 31. The maximum absolute atomic E-state index is 12.9. The van der Waals surface area contributed by atoms with Gasteiger partial charge in [-0.25, -0.2) is 0 Å². The van der Waals surface area contributed by atoms with Crippen molar-refractivity contribution < 1.29 is 28.6 Å². The Morgan fingerprint density at radius 1 is 0.256 bits per heavy atom. The summed E-state index contributed by atoms with van der Waals surface area (Å²) in [6.07, 6.45) is 96.5. The van der Waals surface area contributed by atoms with Crippen molar-refractivity contribution in [1.29, 1.82) is 0 Å². The third kappa shape index (κ3) is 66.6. The van der Waals surface area contributed by atoms with E-state index in [1.54, 1.807) is 0 Å². The van der Waals surface area contributed by atoms with Crippen LogP contribution >= 0.6 is 0 Å². The Morgan fingerprint density at radius 3 is 0.793 bits per heavy atom. The molecule has 0 aromatic heterocycles. The van der Waals surface area contributed by atoms with E-state index in [9.17, 15) is 14.4 Å². The van der Waals surface area contributed by atoms with Crippen molar-refractivity contribution in [1.82, 2.24) is 0 Å². The topological polar surface area (TPSA) is 78.9 Å². The highest BCUT2D eigenvalue weighted by molar-refractivity contribution is 5.71. The second kappa shape index (κ2) is 69.3. The Morgan fingerprint density at radius 2 is 0.488 bits per heavy atom. The molecular formula is C76H128O6.